The molecule has 0 radical (unpaired) electrons. The molecular weight excluding hydrogens is 288 g/mol. The van der Waals surface area contributed by atoms with Crippen molar-refractivity contribution in [3.8, 4) is 0 Å². The van der Waals surface area contributed by atoms with E-state index in [1.54, 1.807) is 6.07 Å². The van der Waals surface area contributed by atoms with E-state index in [1.807, 2.05) is 18.2 Å². The highest BCUT2D eigenvalue weighted by Crippen LogP contribution is 2.23. The van der Waals surface area contributed by atoms with Gasteiger partial charge in [-0.25, -0.2) is 0 Å². The molecule has 0 saturated carbocycles. The average Bonchev–Trinajstić information content (AvgIpc) is 2.47. The number of nitrogens with one attached hydrogen (secondary N) is 1. The van der Waals surface area contributed by atoms with Crippen molar-refractivity contribution >= 4 is 15.9 Å². The Bertz CT molecular complexity index is 572. The molecule has 118 valence electrons. The molecule has 6 heteroatoms. The molecule has 0 amide bonds. The van der Waals surface area contributed by atoms with Gasteiger partial charge in [0.15, 0.2) is 0 Å². The maximum atomic E-state index is 12.5. The standard InChI is InChI=1S/C15H24N2O3S/c1-12(2)13-6-5-7-14(10-13)16-21(19,20)17-9-4-3-8-15(17)11-18/h5-7,10,12,15-16,18H,3-4,8-9,11H2,1-2H3. The Hall–Kier alpha value is -1.11. The predicted molar refractivity (Wildman–Crippen MR) is 84.5 cm³/mol. The zero-order valence-corrected chi connectivity index (χ0v) is 13.4. The van der Waals surface area contributed by atoms with Crippen molar-refractivity contribution in [2.24, 2.45) is 0 Å². The lowest BCUT2D eigenvalue weighted by molar-refractivity contribution is 0.156. The van der Waals surface area contributed by atoms with Gasteiger partial charge in [0.1, 0.15) is 0 Å². The fraction of sp³-hybridized carbons (Fsp3) is 0.600. The number of aliphatic hydroxyl groups excluding tert-OH is 1. The van der Waals surface area contributed by atoms with Crippen LogP contribution in [0.15, 0.2) is 24.3 Å². The molecule has 2 N–H and O–H groups in total. The molecule has 1 unspecified atom stereocenters. The highest BCUT2D eigenvalue weighted by atomic mass is 32.2. The molecule has 1 aliphatic rings. The van der Waals surface area contributed by atoms with Gasteiger partial charge < -0.3 is 5.11 Å². The van der Waals surface area contributed by atoms with E-state index in [2.05, 4.69) is 18.6 Å². The van der Waals surface area contributed by atoms with E-state index in [1.165, 1.54) is 4.31 Å². The van der Waals surface area contributed by atoms with E-state index in [0.717, 1.165) is 18.4 Å². The first-order valence-corrected chi connectivity index (χ1v) is 8.88. The summed E-state index contributed by atoms with van der Waals surface area (Å²) in [5.41, 5.74) is 1.66. The van der Waals surface area contributed by atoms with Gasteiger partial charge in [-0.1, -0.05) is 32.4 Å². The van der Waals surface area contributed by atoms with Crippen molar-refractivity contribution in [1.82, 2.24) is 4.31 Å². The molecule has 1 heterocycles. The van der Waals surface area contributed by atoms with E-state index in [-0.39, 0.29) is 12.6 Å². The van der Waals surface area contributed by atoms with Gasteiger partial charge in [-0.05, 0) is 36.5 Å². The molecule has 1 aromatic carbocycles. The third kappa shape index (κ3) is 3.96. The van der Waals surface area contributed by atoms with Crippen molar-refractivity contribution in [2.45, 2.75) is 45.1 Å². The molecule has 0 spiro atoms. The fourth-order valence-electron chi connectivity index (χ4n) is 2.64. The second-order valence-electron chi connectivity index (χ2n) is 5.83. The summed E-state index contributed by atoms with van der Waals surface area (Å²) in [4.78, 5) is 0. The van der Waals surface area contributed by atoms with Crippen LogP contribution in [0.2, 0.25) is 0 Å². The molecule has 1 aliphatic heterocycles. The van der Waals surface area contributed by atoms with E-state index >= 15 is 0 Å². The van der Waals surface area contributed by atoms with Gasteiger partial charge in [-0.3, -0.25) is 4.72 Å². The quantitative estimate of drug-likeness (QED) is 0.876. The SMILES string of the molecule is CC(C)c1cccc(NS(=O)(=O)N2CCCCC2CO)c1. The van der Waals surface area contributed by atoms with E-state index in [0.29, 0.717) is 24.6 Å². The first kappa shape index (κ1) is 16.3. The predicted octanol–water partition coefficient (Wildman–Crippen LogP) is 2.31. The summed E-state index contributed by atoms with van der Waals surface area (Å²) in [5.74, 6) is 0.342. The summed E-state index contributed by atoms with van der Waals surface area (Å²) in [7, 11) is -3.62. The van der Waals surface area contributed by atoms with Crippen LogP contribution >= 0.6 is 0 Å². The van der Waals surface area contributed by atoms with E-state index in [9.17, 15) is 13.5 Å². The van der Waals surface area contributed by atoms with Crippen molar-refractivity contribution < 1.29 is 13.5 Å². The lowest BCUT2D eigenvalue weighted by atomic mass is 10.0. The van der Waals surface area contributed by atoms with Crippen LogP contribution in [0.3, 0.4) is 0 Å². The Kier molecular flexibility index (Phi) is 5.24. The minimum Gasteiger partial charge on any atom is -0.395 e. The van der Waals surface area contributed by atoms with Crippen LogP contribution in [-0.2, 0) is 10.2 Å². The summed E-state index contributed by atoms with van der Waals surface area (Å²) < 4.78 is 29.0. The van der Waals surface area contributed by atoms with Crippen LogP contribution in [-0.4, -0.2) is 37.0 Å². The van der Waals surface area contributed by atoms with Crippen LogP contribution in [0.5, 0.6) is 0 Å². The number of aliphatic hydroxyl groups is 1. The molecule has 2 rings (SSSR count). The fourth-order valence-corrected chi connectivity index (χ4v) is 4.12. The molecule has 0 aromatic heterocycles. The van der Waals surface area contributed by atoms with Crippen molar-refractivity contribution in [3.63, 3.8) is 0 Å². The second kappa shape index (κ2) is 6.77. The normalized spacial score (nSPS) is 20.7. The highest BCUT2D eigenvalue weighted by molar-refractivity contribution is 7.90. The van der Waals surface area contributed by atoms with Gasteiger partial charge in [0.2, 0.25) is 0 Å². The zero-order chi connectivity index (χ0) is 15.5. The van der Waals surface area contributed by atoms with Gasteiger partial charge in [0, 0.05) is 12.6 Å². The lowest BCUT2D eigenvalue weighted by Crippen LogP contribution is -2.47. The number of hydrogen-bond donors (Lipinski definition) is 2. The Morgan fingerprint density at radius 2 is 2.14 bits per heavy atom. The third-order valence-electron chi connectivity index (χ3n) is 3.89. The minimum atomic E-state index is -3.62. The van der Waals surface area contributed by atoms with Crippen molar-refractivity contribution in [1.29, 1.82) is 0 Å². The van der Waals surface area contributed by atoms with Crippen LogP contribution < -0.4 is 4.72 Å². The first-order valence-electron chi connectivity index (χ1n) is 7.44. The van der Waals surface area contributed by atoms with E-state index < -0.39 is 10.2 Å². The molecule has 0 bridgehead atoms. The molecule has 5 nitrogen and oxygen atoms in total. The molecule has 1 saturated heterocycles. The summed E-state index contributed by atoms with van der Waals surface area (Å²) in [6.07, 6.45) is 2.51. The molecule has 0 aliphatic carbocycles. The Morgan fingerprint density at radius 3 is 2.81 bits per heavy atom. The van der Waals surface area contributed by atoms with E-state index in [4.69, 9.17) is 0 Å². The Morgan fingerprint density at radius 1 is 1.38 bits per heavy atom. The summed E-state index contributed by atoms with van der Waals surface area (Å²) in [5, 5.41) is 9.37. The number of nitrogens with zero attached hydrogens (tertiary/aromatic N) is 1. The molecular formula is C15H24N2O3S. The Balaban J connectivity index is 2.18. The van der Waals surface area contributed by atoms with Crippen LogP contribution in [0, 0.1) is 0 Å². The van der Waals surface area contributed by atoms with Crippen LogP contribution in [0.25, 0.3) is 0 Å². The highest BCUT2D eigenvalue weighted by Gasteiger charge is 2.31. The smallest absolute Gasteiger partial charge is 0.301 e. The average molecular weight is 312 g/mol. The van der Waals surface area contributed by atoms with Crippen LogP contribution in [0.1, 0.15) is 44.6 Å². The number of anilines is 1. The monoisotopic (exact) mass is 312 g/mol. The summed E-state index contributed by atoms with van der Waals surface area (Å²) >= 11 is 0. The Labute approximate surface area is 127 Å². The molecule has 1 atom stereocenters. The van der Waals surface area contributed by atoms with Crippen molar-refractivity contribution in [3.05, 3.63) is 29.8 Å². The third-order valence-corrected chi connectivity index (χ3v) is 5.48. The number of hydrogen-bond acceptors (Lipinski definition) is 3. The topological polar surface area (TPSA) is 69.6 Å². The maximum Gasteiger partial charge on any atom is 0.301 e. The number of piperidine rings is 1. The largest absolute Gasteiger partial charge is 0.395 e. The van der Waals surface area contributed by atoms with Gasteiger partial charge >= 0.3 is 10.2 Å². The zero-order valence-electron chi connectivity index (χ0n) is 12.6. The molecule has 21 heavy (non-hydrogen) atoms. The number of rotatable bonds is 5. The first-order chi connectivity index (χ1) is 9.94. The van der Waals surface area contributed by atoms with Crippen molar-refractivity contribution in [2.75, 3.05) is 17.9 Å². The van der Waals surface area contributed by atoms with Gasteiger partial charge in [-0.15, -0.1) is 0 Å². The molecule has 1 aromatic rings. The van der Waals surface area contributed by atoms with Gasteiger partial charge in [0.25, 0.3) is 0 Å². The summed E-state index contributed by atoms with van der Waals surface area (Å²) in [6, 6.07) is 7.14. The molecule has 1 fully saturated rings. The number of benzene rings is 1. The summed E-state index contributed by atoms with van der Waals surface area (Å²) in [6.45, 7) is 4.47. The van der Waals surface area contributed by atoms with Gasteiger partial charge in [-0.2, -0.15) is 12.7 Å². The minimum absolute atomic E-state index is 0.132. The van der Waals surface area contributed by atoms with Gasteiger partial charge in [0.05, 0.1) is 12.3 Å². The lowest BCUT2D eigenvalue weighted by Gasteiger charge is -2.33. The second-order valence-corrected chi connectivity index (χ2v) is 7.45. The maximum absolute atomic E-state index is 12.5. The van der Waals surface area contributed by atoms with Crippen LogP contribution in [0.4, 0.5) is 5.69 Å².